The smallest absolute Gasteiger partial charge is 0.318 e. The number of likely N-dealkylation sites (tertiary alicyclic amines) is 1. The van der Waals surface area contributed by atoms with Crippen molar-refractivity contribution >= 4 is 6.03 Å². The molecule has 0 saturated carbocycles. The number of aromatic amines is 1. The molecule has 2 heterocycles. The Morgan fingerprint density at radius 3 is 2.62 bits per heavy atom. The van der Waals surface area contributed by atoms with Gasteiger partial charge in [-0.2, -0.15) is 5.10 Å². The first-order valence-electron chi connectivity index (χ1n) is 8.87. The largest absolute Gasteiger partial charge is 0.334 e. The summed E-state index contributed by atoms with van der Waals surface area (Å²) in [6, 6.07) is 19.6. The van der Waals surface area contributed by atoms with Crippen LogP contribution in [0.25, 0.3) is 11.4 Å². The Balaban J connectivity index is 1.45. The van der Waals surface area contributed by atoms with Gasteiger partial charge in [0.05, 0.1) is 6.04 Å². The molecule has 1 atom stereocenters. The monoisotopic (exact) mass is 347 g/mol. The Kier molecular flexibility index (Phi) is 4.64. The molecule has 6 nitrogen and oxygen atoms in total. The number of amides is 2. The number of urea groups is 1. The fraction of sp³-hybridized carbons (Fsp3) is 0.250. The first kappa shape index (κ1) is 16.3. The van der Waals surface area contributed by atoms with Gasteiger partial charge in [0.15, 0.2) is 5.82 Å². The average molecular weight is 347 g/mol. The van der Waals surface area contributed by atoms with Crippen molar-refractivity contribution in [1.29, 1.82) is 0 Å². The van der Waals surface area contributed by atoms with E-state index in [1.165, 1.54) is 0 Å². The topological polar surface area (TPSA) is 73.9 Å². The van der Waals surface area contributed by atoms with Gasteiger partial charge in [0.25, 0.3) is 0 Å². The van der Waals surface area contributed by atoms with Crippen molar-refractivity contribution in [3.05, 3.63) is 72.1 Å². The number of rotatable bonds is 4. The summed E-state index contributed by atoms with van der Waals surface area (Å²) in [6.07, 6.45) is 1.85. The highest BCUT2D eigenvalue weighted by Gasteiger charge is 2.32. The van der Waals surface area contributed by atoms with Crippen LogP contribution in [0.15, 0.2) is 60.7 Å². The Morgan fingerprint density at radius 1 is 1.12 bits per heavy atom. The lowest BCUT2D eigenvalue weighted by Gasteiger charge is -2.23. The van der Waals surface area contributed by atoms with Crippen LogP contribution >= 0.6 is 0 Å². The third kappa shape index (κ3) is 3.44. The zero-order valence-electron chi connectivity index (χ0n) is 14.4. The molecule has 1 saturated heterocycles. The van der Waals surface area contributed by atoms with Crippen molar-refractivity contribution < 1.29 is 4.79 Å². The Morgan fingerprint density at radius 2 is 1.85 bits per heavy atom. The van der Waals surface area contributed by atoms with Gasteiger partial charge >= 0.3 is 6.03 Å². The van der Waals surface area contributed by atoms with E-state index in [1.807, 2.05) is 65.6 Å². The van der Waals surface area contributed by atoms with Crippen molar-refractivity contribution in [1.82, 2.24) is 25.4 Å². The van der Waals surface area contributed by atoms with E-state index in [0.717, 1.165) is 36.3 Å². The van der Waals surface area contributed by atoms with Gasteiger partial charge in [-0.1, -0.05) is 60.7 Å². The SMILES string of the molecule is O=C(NCc1ccccc1)N1CCCC1c1nc(-c2ccccc2)n[nH]1. The number of hydrogen-bond acceptors (Lipinski definition) is 3. The maximum atomic E-state index is 12.6. The van der Waals surface area contributed by atoms with E-state index in [-0.39, 0.29) is 12.1 Å². The third-order valence-corrected chi connectivity index (χ3v) is 4.65. The summed E-state index contributed by atoms with van der Waals surface area (Å²) in [5.74, 6) is 1.41. The third-order valence-electron chi connectivity index (χ3n) is 4.65. The van der Waals surface area contributed by atoms with Crippen molar-refractivity contribution in [2.24, 2.45) is 0 Å². The predicted octanol–water partition coefficient (Wildman–Crippen LogP) is 3.52. The van der Waals surface area contributed by atoms with E-state index in [0.29, 0.717) is 12.4 Å². The number of nitrogens with one attached hydrogen (secondary N) is 2. The van der Waals surface area contributed by atoms with Crippen LogP contribution < -0.4 is 5.32 Å². The highest BCUT2D eigenvalue weighted by atomic mass is 16.2. The molecule has 1 aliphatic rings. The molecule has 2 N–H and O–H groups in total. The second-order valence-electron chi connectivity index (χ2n) is 6.41. The minimum absolute atomic E-state index is 0.0595. The highest BCUT2D eigenvalue weighted by molar-refractivity contribution is 5.75. The molecule has 26 heavy (non-hydrogen) atoms. The molecule has 3 aromatic rings. The van der Waals surface area contributed by atoms with Gasteiger partial charge in [0.1, 0.15) is 5.82 Å². The van der Waals surface area contributed by atoms with E-state index in [1.54, 1.807) is 0 Å². The van der Waals surface area contributed by atoms with E-state index in [4.69, 9.17) is 0 Å². The van der Waals surface area contributed by atoms with Crippen LogP contribution in [-0.2, 0) is 6.54 Å². The zero-order valence-corrected chi connectivity index (χ0v) is 14.4. The number of H-pyrrole nitrogens is 1. The van der Waals surface area contributed by atoms with Crippen LogP contribution in [0.5, 0.6) is 0 Å². The quantitative estimate of drug-likeness (QED) is 0.758. The van der Waals surface area contributed by atoms with Crippen LogP contribution in [0, 0.1) is 0 Å². The van der Waals surface area contributed by atoms with Crippen LogP contribution in [0.1, 0.15) is 30.3 Å². The molecular formula is C20H21N5O. The first-order chi connectivity index (χ1) is 12.8. The maximum Gasteiger partial charge on any atom is 0.318 e. The molecule has 4 rings (SSSR count). The number of hydrogen-bond donors (Lipinski definition) is 2. The average Bonchev–Trinajstić information content (AvgIpc) is 3.37. The van der Waals surface area contributed by atoms with Crippen molar-refractivity contribution in [3.63, 3.8) is 0 Å². The molecule has 0 aliphatic carbocycles. The second kappa shape index (κ2) is 7.39. The second-order valence-corrected chi connectivity index (χ2v) is 6.41. The van der Waals surface area contributed by atoms with Gasteiger partial charge < -0.3 is 10.2 Å². The summed E-state index contributed by atoms with van der Waals surface area (Å²) in [7, 11) is 0. The maximum absolute atomic E-state index is 12.6. The molecule has 1 fully saturated rings. The number of benzene rings is 2. The van der Waals surface area contributed by atoms with Gasteiger partial charge in [0, 0.05) is 18.7 Å². The lowest BCUT2D eigenvalue weighted by molar-refractivity contribution is 0.190. The number of nitrogens with zero attached hydrogens (tertiary/aromatic N) is 3. The van der Waals surface area contributed by atoms with Crippen LogP contribution in [0.2, 0.25) is 0 Å². The highest BCUT2D eigenvalue weighted by Crippen LogP contribution is 2.30. The molecule has 1 aliphatic heterocycles. The number of carbonyl (C=O) groups excluding carboxylic acids is 1. The molecule has 1 aromatic heterocycles. The van der Waals surface area contributed by atoms with Gasteiger partial charge in [-0.3, -0.25) is 5.10 Å². The molecule has 0 radical (unpaired) electrons. The molecule has 1 unspecified atom stereocenters. The van der Waals surface area contributed by atoms with E-state index in [9.17, 15) is 4.79 Å². The Hall–Kier alpha value is -3.15. The molecule has 6 heteroatoms. The molecule has 132 valence electrons. The predicted molar refractivity (Wildman–Crippen MR) is 99.2 cm³/mol. The summed E-state index contributed by atoms with van der Waals surface area (Å²) >= 11 is 0. The first-order valence-corrected chi connectivity index (χ1v) is 8.87. The lowest BCUT2D eigenvalue weighted by atomic mass is 10.2. The minimum atomic E-state index is -0.0611. The van der Waals surface area contributed by atoms with E-state index in [2.05, 4.69) is 20.5 Å². The summed E-state index contributed by atoms with van der Waals surface area (Å²) in [6.45, 7) is 1.25. The number of aromatic nitrogens is 3. The molecule has 0 bridgehead atoms. The zero-order chi connectivity index (χ0) is 17.8. The van der Waals surface area contributed by atoms with Gasteiger partial charge in [-0.25, -0.2) is 9.78 Å². The summed E-state index contributed by atoms with van der Waals surface area (Å²) < 4.78 is 0. The normalized spacial score (nSPS) is 16.6. The Labute approximate surface area is 152 Å². The minimum Gasteiger partial charge on any atom is -0.334 e. The fourth-order valence-corrected chi connectivity index (χ4v) is 3.31. The van der Waals surface area contributed by atoms with Gasteiger partial charge in [-0.05, 0) is 18.4 Å². The van der Waals surface area contributed by atoms with Crippen LogP contribution in [-0.4, -0.2) is 32.7 Å². The fourth-order valence-electron chi connectivity index (χ4n) is 3.31. The number of carbonyl (C=O) groups is 1. The lowest BCUT2D eigenvalue weighted by Crippen LogP contribution is -2.39. The van der Waals surface area contributed by atoms with E-state index < -0.39 is 0 Å². The van der Waals surface area contributed by atoms with Crippen molar-refractivity contribution in [2.75, 3.05) is 6.54 Å². The summed E-state index contributed by atoms with van der Waals surface area (Å²) in [5, 5.41) is 10.3. The van der Waals surface area contributed by atoms with Crippen LogP contribution in [0.4, 0.5) is 4.79 Å². The molecular weight excluding hydrogens is 326 g/mol. The van der Waals surface area contributed by atoms with E-state index >= 15 is 0 Å². The standard InChI is InChI=1S/C20H21N5O/c26-20(21-14-15-8-3-1-4-9-15)25-13-7-12-17(25)19-22-18(23-24-19)16-10-5-2-6-11-16/h1-6,8-11,17H,7,12-14H2,(H,21,26)(H,22,23,24). The molecule has 0 spiro atoms. The molecule has 2 amide bonds. The molecule has 2 aromatic carbocycles. The van der Waals surface area contributed by atoms with Crippen molar-refractivity contribution in [2.45, 2.75) is 25.4 Å². The Bertz CT molecular complexity index is 862. The van der Waals surface area contributed by atoms with Crippen molar-refractivity contribution in [3.8, 4) is 11.4 Å². The summed E-state index contributed by atoms with van der Waals surface area (Å²) in [4.78, 5) is 19.1. The summed E-state index contributed by atoms with van der Waals surface area (Å²) in [5.41, 5.74) is 2.05. The van der Waals surface area contributed by atoms with Gasteiger partial charge in [0.2, 0.25) is 0 Å². The van der Waals surface area contributed by atoms with Gasteiger partial charge in [-0.15, -0.1) is 0 Å². The van der Waals surface area contributed by atoms with Crippen LogP contribution in [0.3, 0.4) is 0 Å².